The van der Waals surface area contributed by atoms with Gasteiger partial charge in [-0.3, -0.25) is 0 Å². The number of halogens is 3. The summed E-state index contributed by atoms with van der Waals surface area (Å²) in [6, 6.07) is 12.7. The van der Waals surface area contributed by atoms with Gasteiger partial charge in [0, 0.05) is 25.1 Å². The SMILES string of the molecule is CCN1C(=CC=C2CC[n+]3c2n(CC)c2ccccc23)N(CC)c2cc(Cl)c(Cl)cc21.[I-]. The van der Waals surface area contributed by atoms with Gasteiger partial charge in [-0.1, -0.05) is 35.3 Å². The smallest absolute Gasteiger partial charge is 0.285 e. The van der Waals surface area contributed by atoms with Crippen LogP contribution in [-0.4, -0.2) is 17.7 Å². The topological polar surface area (TPSA) is 15.3 Å². The lowest BCUT2D eigenvalue weighted by molar-refractivity contribution is -0.664. The normalized spacial score (nSPS) is 16.0. The first-order valence-corrected chi connectivity index (χ1v) is 11.8. The van der Waals surface area contributed by atoms with Crippen LogP contribution in [-0.2, 0) is 13.1 Å². The lowest BCUT2D eigenvalue weighted by Gasteiger charge is -2.23. The van der Waals surface area contributed by atoms with Crippen molar-refractivity contribution in [2.75, 3.05) is 22.9 Å². The summed E-state index contributed by atoms with van der Waals surface area (Å²) < 4.78 is 4.89. The van der Waals surface area contributed by atoms with Crippen molar-refractivity contribution < 1.29 is 28.5 Å². The molecule has 1 aromatic heterocycles. The molecule has 0 aliphatic carbocycles. The van der Waals surface area contributed by atoms with Crippen LogP contribution in [0.5, 0.6) is 0 Å². The highest BCUT2D eigenvalue weighted by Crippen LogP contribution is 2.45. The molecule has 7 heteroatoms. The van der Waals surface area contributed by atoms with E-state index in [0.717, 1.165) is 44.0 Å². The monoisotopic (exact) mass is 580 g/mol. The lowest BCUT2D eigenvalue weighted by atomic mass is 10.2. The second-order valence-corrected chi connectivity index (χ2v) is 8.73. The van der Waals surface area contributed by atoms with Gasteiger partial charge in [0.25, 0.3) is 5.82 Å². The summed E-state index contributed by atoms with van der Waals surface area (Å²) in [6.45, 7) is 10.3. The second-order valence-electron chi connectivity index (χ2n) is 7.92. The van der Waals surface area contributed by atoms with E-state index in [1.165, 1.54) is 28.3 Å². The van der Waals surface area contributed by atoms with Crippen LogP contribution >= 0.6 is 23.2 Å². The molecule has 0 saturated carbocycles. The van der Waals surface area contributed by atoms with Crippen LogP contribution in [0.2, 0.25) is 10.0 Å². The average molecular weight is 581 g/mol. The molecule has 2 aliphatic heterocycles. The van der Waals surface area contributed by atoms with Crippen LogP contribution in [0.25, 0.3) is 16.6 Å². The summed E-state index contributed by atoms with van der Waals surface area (Å²) in [7, 11) is 0. The number of hydrogen-bond donors (Lipinski definition) is 0. The molecule has 0 N–H and O–H groups in total. The zero-order valence-corrected chi connectivity index (χ0v) is 22.2. The fourth-order valence-electron chi connectivity index (χ4n) is 5.06. The van der Waals surface area contributed by atoms with Crippen molar-refractivity contribution in [3.8, 4) is 0 Å². The van der Waals surface area contributed by atoms with Gasteiger partial charge in [-0.15, -0.1) is 0 Å². The molecule has 0 atom stereocenters. The van der Waals surface area contributed by atoms with Crippen LogP contribution in [0, 0.1) is 0 Å². The number of imidazole rings is 1. The number of fused-ring (bicyclic) bond motifs is 4. The maximum Gasteiger partial charge on any atom is 0.285 e. The highest BCUT2D eigenvalue weighted by atomic mass is 127. The van der Waals surface area contributed by atoms with Crippen molar-refractivity contribution in [3.63, 3.8) is 0 Å². The summed E-state index contributed by atoms with van der Waals surface area (Å²) in [4.78, 5) is 4.63. The number of hydrogen-bond acceptors (Lipinski definition) is 2. The molecule has 0 radical (unpaired) electrons. The predicted molar refractivity (Wildman–Crippen MR) is 131 cm³/mol. The van der Waals surface area contributed by atoms with Gasteiger partial charge in [-0.2, -0.15) is 0 Å². The standard InChI is InChI=1S/C25H27Cl2N4.HI/c1-4-28-22-15-18(26)19(27)16-23(22)29(5-2)24(28)12-11-17-13-14-31-21-10-8-7-9-20(21)30(6-3)25(17)31;/h7-12,15-16H,4-6,13-14H2,1-3H3;1H/q+1;/p-1. The summed E-state index contributed by atoms with van der Waals surface area (Å²) >= 11 is 12.7. The summed E-state index contributed by atoms with van der Waals surface area (Å²) in [5, 5.41) is 1.19. The molecular formula is C25H27Cl2IN4. The largest absolute Gasteiger partial charge is 1.00 e. The molecule has 3 heterocycles. The summed E-state index contributed by atoms with van der Waals surface area (Å²) in [5.41, 5.74) is 6.24. The Labute approximate surface area is 216 Å². The number of aromatic nitrogens is 2. The van der Waals surface area contributed by atoms with E-state index in [2.05, 4.69) is 76.1 Å². The Bertz CT molecular complexity index is 1190. The molecule has 5 rings (SSSR count). The molecule has 0 unspecified atom stereocenters. The third-order valence-electron chi connectivity index (χ3n) is 6.40. The van der Waals surface area contributed by atoms with Crippen molar-refractivity contribution in [3.05, 3.63) is 70.2 Å². The van der Waals surface area contributed by atoms with Gasteiger partial charge in [0.2, 0.25) is 0 Å². The summed E-state index contributed by atoms with van der Waals surface area (Å²) in [6.07, 6.45) is 5.61. The molecule has 3 aromatic rings. The van der Waals surface area contributed by atoms with E-state index < -0.39 is 0 Å². The molecule has 32 heavy (non-hydrogen) atoms. The Morgan fingerprint density at radius 2 is 1.53 bits per heavy atom. The molecule has 2 aliphatic rings. The van der Waals surface area contributed by atoms with Gasteiger partial charge in [-0.05, 0) is 57.2 Å². The van der Waals surface area contributed by atoms with Crippen molar-refractivity contribution in [2.24, 2.45) is 0 Å². The first-order chi connectivity index (χ1) is 15.1. The van der Waals surface area contributed by atoms with Crippen molar-refractivity contribution in [1.29, 1.82) is 0 Å². The first-order valence-electron chi connectivity index (χ1n) is 11.0. The van der Waals surface area contributed by atoms with E-state index in [0.29, 0.717) is 10.0 Å². The third kappa shape index (κ3) is 3.53. The number of allylic oxidation sites excluding steroid dienone is 3. The molecular weight excluding hydrogens is 554 g/mol. The van der Waals surface area contributed by atoms with Crippen LogP contribution < -0.4 is 38.3 Å². The van der Waals surface area contributed by atoms with E-state index in [-0.39, 0.29) is 24.0 Å². The van der Waals surface area contributed by atoms with Crippen molar-refractivity contribution >= 4 is 51.2 Å². The number of para-hydroxylation sites is 2. The number of aryl methyl sites for hydroxylation is 2. The Morgan fingerprint density at radius 1 is 0.906 bits per heavy atom. The Kier molecular flexibility index (Phi) is 6.80. The van der Waals surface area contributed by atoms with Crippen LogP contribution in [0.3, 0.4) is 0 Å². The highest BCUT2D eigenvalue weighted by Gasteiger charge is 2.33. The predicted octanol–water partition coefficient (Wildman–Crippen LogP) is 3.25. The minimum absolute atomic E-state index is 0. The quantitative estimate of drug-likeness (QED) is 0.348. The number of rotatable bonds is 4. The first kappa shape index (κ1) is 23.5. The molecule has 168 valence electrons. The molecule has 0 amide bonds. The van der Waals surface area contributed by atoms with Gasteiger partial charge in [0.15, 0.2) is 11.0 Å². The molecule has 0 spiro atoms. The van der Waals surface area contributed by atoms with E-state index in [9.17, 15) is 0 Å². The van der Waals surface area contributed by atoms with E-state index in [1.54, 1.807) is 0 Å². The highest BCUT2D eigenvalue weighted by molar-refractivity contribution is 6.42. The third-order valence-corrected chi connectivity index (χ3v) is 7.12. The second kappa shape index (κ2) is 9.27. The Balaban J connectivity index is 0.00000245. The van der Waals surface area contributed by atoms with Gasteiger partial charge >= 0.3 is 0 Å². The number of anilines is 2. The summed E-state index contributed by atoms with van der Waals surface area (Å²) in [5.74, 6) is 2.50. The molecule has 4 nitrogen and oxygen atoms in total. The van der Waals surface area contributed by atoms with E-state index in [4.69, 9.17) is 23.2 Å². The average Bonchev–Trinajstić information content (AvgIpc) is 3.41. The molecule has 2 aromatic carbocycles. The Hall–Kier alpha value is -1.70. The van der Waals surface area contributed by atoms with Gasteiger partial charge < -0.3 is 33.8 Å². The van der Waals surface area contributed by atoms with Gasteiger partial charge in [-0.25, -0.2) is 9.13 Å². The van der Waals surface area contributed by atoms with Crippen LogP contribution in [0.1, 0.15) is 33.0 Å². The van der Waals surface area contributed by atoms with Crippen molar-refractivity contribution in [2.45, 2.75) is 40.3 Å². The van der Waals surface area contributed by atoms with Gasteiger partial charge in [0.1, 0.15) is 5.82 Å². The van der Waals surface area contributed by atoms with Gasteiger partial charge in [0.05, 0.1) is 34.5 Å². The maximum atomic E-state index is 6.35. The minimum Gasteiger partial charge on any atom is -1.00 e. The fourth-order valence-corrected chi connectivity index (χ4v) is 5.38. The fraction of sp³-hybridized carbons (Fsp3) is 0.320. The lowest BCUT2D eigenvalue weighted by Crippen LogP contribution is -3.00. The van der Waals surface area contributed by atoms with Crippen molar-refractivity contribution in [1.82, 2.24) is 4.57 Å². The molecule has 0 saturated heterocycles. The number of benzene rings is 2. The minimum atomic E-state index is 0. The van der Waals surface area contributed by atoms with E-state index in [1.807, 2.05) is 12.1 Å². The zero-order valence-electron chi connectivity index (χ0n) is 18.6. The maximum absolute atomic E-state index is 6.35. The Morgan fingerprint density at radius 3 is 2.12 bits per heavy atom. The van der Waals surface area contributed by atoms with E-state index >= 15 is 0 Å². The molecule has 0 bridgehead atoms. The zero-order chi connectivity index (χ0) is 21.7. The number of nitrogens with zero attached hydrogens (tertiary/aromatic N) is 4. The van der Waals surface area contributed by atoms with Crippen LogP contribution in [0.15, 0.2) is 54.4 Å². The van der Waals surface area contributed by atoms with Crippen LogP contribution in [0.4, 0.5) is 11.4 Å². The molecule has 0 fully saturated rings.